The van der Waals surface area contributed by atoms with Gasteiger partial charge in [-0.3, -0.25) is 0 Å². The van der Waals surface area contributed by atoms with Crippen LogP contribution in [-0.2, 0) is 0 Å². The van der Waals surface area contributed by atoms with Crippen LogP contribution in [0, 0.1) is 0 Å². The SMILES string of the molecule is COc1ccc(-c2nc(C(N)CN(C)C)no2)cc1OC. The predicted molar refractivity (Wildman–Crippen MR) is 78.3 cm³/mol. The minimum absolute atomic E-state index is 0.294. The van der Waals surface area contributed by atoms with E-state index in [1.807, 2.05) is 25.1 Å². The van der Waals surface area contributed by atoms with Gasteiger partial charge in [-0.15, -0.1) is 0 Å². The summed E-state index contributed by atoms with van der Waals surface area (Å²) in [5, 5.41) is 3.93. The maximum Gasteiger partial charge on any atom is 0.258 e. The fraction of sp³-hybridized carbons (Fsp3) is 0.429. The normalized spacial score (nSPS) is 12.5. The van der Waals surface area contributed by atoms with Crippen LogP contribution in [0.25, 0.3) is 11.5 Å². The van der Waals surface area contributed by atoms with Crippen molar-refractivity contribution in [3.8, 4) is 23.0 Å². The molecule has 114 valence electrons. The predicted octanol–water partition coefficient (Wildman–Crippen LogP) is 1.32. The van der Waals surface area contributed by atoms with Crippen LogP contribution in [0.3, 0.4) is 0 Å². The zero-order chi connectivity index (χ0) is 15.4. The Labute approximate surface area is 123 Å². The first kappa shape index (κ1) is 15.3. The second-order valence-corrected chi connectivity index (χ2v) is 4.90. The minimum atomic E-state index is -0.294. The van der Waals surface area contributed by atoms with E-state index in [9.17, 15) is 0 Å². The van der Waals surface area contributed by atoms with Gasteiger partial charge in [-0.2, -0.15) is 4.98 Å². The Kier molecular flexibility index (Phi) is 4.77. The molecule has 0 radical (unpaired) electrons. The van der Waals surface area contributed by atoms with E-state index >= 15 is 0 Å². The van der Waals surface area contributed by atoms with Crippen LogP contribution in [0.2, 0.25) is 0 Å². The Bertz CT molecular complexity index is 598. The number of nitrogens with zero attached hydrogens (tertiary/aromatic N) is 3. The van der Waals surface area contributed by atoms with Crippen molar-refractivity contribution in [1.29, 1.82) is 0 Å². The summed E-state index contributed by atoms with van der Waals surface area (Å²) in [6.45, 7) is 0.644. The van der Waals surface area contributed by atoms with Gasteiger partial charge < -0.3 is 24.6 Å². The largest absolute Gasteiger partial charge is 0.493 e. The summed E-state index contributed by atoms with van der Waals surface area (Å²) in [6.07, 6.45) is 0. The molecule has 2 aromatic rings. The number of ether oxygens (including phenoxy) is 2. The average Bonchev–Trinajstić information content (AvgIpc) is 2.95. The van der Waals surface area contributed by atoms with Gasteiger partial charge in [-0.25, -0.2) is 0 Å². The van der Waals surface area contributed by atoms with Crippen LogP contribution < -0.4 is 15.2 Å². The molecule has 21 heavy (non-hydrogen) atoms. The monoisotopic (exact) mass is 292 g/mol. The van der Waals surface area contributed by atoms with Crippen molar-refractivity contribution in [2.75, 3.05) is 34.9 Å². The highest BCUT2D eigenvalue weighted by molar-refractivity contribution is 5.59. The number of likely N-dealkylation sites (N-methyl/N-ethyl adjacent to an activating group) is 1. The topological polar surface area (TPSA) is 86.6 Å². The van der Waals surface area contributed by atoms with Crippen molar-refractivity contribution in [2.45, 2.75) is 6.04 Å². The van der Waals surface area contributed by atoms with Crippen molar-refractivity contribution in [3.63, 3.8) is 0 Å². The molecular formula is C14H20N4O3. The van der Waals surface area contributed by atoms with Crippen LogP contribution in [-0.4, -0.2) is 49.9 Å². The first-order chi connectivity index (χ1) is 10.0. The highest BCUT2D eigenvalue weighted by Crippen LogP contribution is 2.31. The Morgan fingerprint density at radius 3 is 2.57 bits per heavy atom. The second-order valence-electron chi connectivity index (χ2n) is 4.90. The Morgan fingerprint density at radius 2 is 1.95 bits per heavy atom. The van der Waals surface area contributed by atoms with Crippen LogP contribution in [0.15, 0.2) is 22.7 Å². The third-order valence-electron chi connectivity index (χ3n) is 2.97. The summed E-state index contributed by atoms with van der Waals surface area (Å²) < 4.78 is 15.7. The standard InChI is InChI=1S/C14H20N4O3/c1-18(2)8-10(15)13-16-14(21-17-13)9-5-6-11(19-3)12(7-9)20-4/h5-7,10H,8,15H2,1-4H3. The van der Waals surface area contributed by atoms with Gasteiger partial charge in [0.2, 0.25) is 0 Å². The van der Waals surface area contributed by atoms with E-state index in [1.165, 1.54) is 0 Å². The molecule has 1 unspecified atom stereocenters. The zero-order valence-electron chi connectivity index (χ0n) is 12.7. The van der Waals surface area contributed by atoms with Crippen molar-refractivity contribution in [2.24, 2.45) is 5.73 Å². The van der Waals surface area contributed by atoms with E-state index in [1.54, 1.807) is 26.4 Å². The highest BCUT2D eigenvalue weighted by Gasteiger charge is 2.17. The molecule has 2 N–H and O–H groups in total. The molecule has 0 saturated carbocycles. The summed E-state index contributed by atoms with van der Waals surface area (Å²) in [5.41, 5.74) is 6.77. The zero-order valence-corrected chi connectivity index (χ0v) is 12.7. The molecule has 7 heteroatoms. The summed E-state index contributed by atoms with van der Waals surface area (Å²) in [7, 11) is 7.04. The third kappa shape index (κ3) is 3.50. The van der Waals surface area contributed by atoms with Crippen LogP contribution in [0.1, 0.15) is 11.9 Å². The maximum absolute atomic E-state index is 6.02. The Balaban J connectivity index is 2.25. The number of rotatable bonds is 6. The molecule has 0 aliphatic heterocycles. The fourth-order valence-corrected chi connectivity index (χ4v) is 1.95. The Hall–Kier alpha value is -2.12. The van der Waals surface area contributed by atoms with Crippen LogP contribution in [0.4, 0.5) is 0 Å². The summed E-state index contributed by atoms with van der Waals surface area (Å²) >= 11 is 0. The van der Waals surface area contributed by atoms with Crippen molar-refractivity contribution in [3.05, 3.63) is 24.0 Å². The van der Waals surface area contributed by atoms with E-state index in [0.717, 1.165) is 5.56 Å². The van der Waals surface area contributed by atoms with Crippen LogP contribution in [0.5, 0.6) is 11.5 Å². The highest BCUT2D eigenvalue weighted by atomic mass is 16.5. The molecule has 0 fully saturated rings. The van der Waals surface area contributed by atoms with Crippen molar-refractivity contribution >= 4 is 0 Å². The molecule has 1 atom stereocenters. The van der Waals surface area contributed by atoms with Gasteiger partial charge in [0.25, 0.3) is 5.89 Å². The van der Waals surface area contributed by atoms with Gasteiger partial charge in [0.1, 0.15) is 0 Å². The molecule has 0 amide bonds. The maximum atomic E-state index is 6.02. The number of nitrogens with two attached hydrogens (primary N) is 1. The molecule has 0 aliphatic carbocycles. The molecule has 1 aromatic heterocycles. The van der Waals surface area contributed by atoms with Gasteiger partial charge in [-0.1, -0.05) is 5.16 Å². The summed E-state index contributed by atoms with van der Waals surface area (Å²) in [4.78, 5) is 6.31. The van der Waals surface area contributed by atoms with Gasteiger partial charge >= 0.3 is 0 Å². The summed E-state index contributed by atoms with van der Waals surface area (Å²) in [6, 6.07) is 5.11. The molecule has 1 aromatic carbocycles. The van der Waals surface area contributed by atoms with Crippen molar-refractivity contribution < 1.29 is 14.0 Å². The lowest BCUT2D eigenvalue weighted by Crippen LogP contribution is -2.26. The lowest BCUT2D eigenvalue weighted by Gasteiger charge is -2.12. The fourth-order valence-electron chi connectivity index (χ4n) is 1.95. The van der Waals surface area contributed by atoms with Crippen LogP contribution >= 0.6 is 0 Å². The molecule has 0 aliphatic rings. The molecule has 0 spiro atoms. The number of hydrogen-bond acceptors (Lipinski definition) is 7. The number of methoxy groups -OCH3 is 2. The van der Waals surface area contributed by atoms with E-state index in [-0.39, 0.29) is 6.04 Å². The molecular weight excluding hydrogens is 272 g/mol. The Morgan fingerprint density at radius 1 is 1.24 bits per heavy atom. The minimum Gasteiger partial charge on any atom is -0.493 e. The third-order valence-corrected chi connectivity index (χ3v) is 2.97. The quantitative estimate of drug-likeness (QED) is 0.859. The number of benzene rings is 1. The smallest absolute Gasteiger partial charge is 0.258 e. The van der Waals surface area contributed by atoms with E-state index in [0.29, 0.717) is 29.8 Å². The lowest BCUT2D eigenvalue weighted by molar-refractivity contribution is 0.354. The number of hydrogen-bond donors (Lipinski definition) is 1. The molecule has 0 bridgehead atoms. The van der Waals surface area contributed by atoms with Gasteiger partial charge in [0.15, 0.2) is 17.3 Å². The van der Waals surface area contributed by atoms with E-state index < -0.39 is 0 Å². The first-order valence-electron chi connectivity index (χ1n) is 6.51. The number of aromatic nitrogens is 2. The van der Waals surface area contributed by atoms with Gasteiger partial charge in [-0.05, 0) is 32.3 Å². The van der Waals surface area contributed by atoms with E-state index in [4.69, 9.17) is 19.7 Å². The first-order valence-corrected chi connectivity index (χ1v) is 6.51. The molecule has 2 rings (SSSR count). The molecule has 1 heterocycles. The lowest BCUT2D eigenvalue weighted by atomic mass is 10.2. The average molecular weight is 292 g/mol. The molecule has 0 saturated heterocycles. The van der Waals surface area contributed by atoms with Crippen molar-refractivity contribution in [1.82, 2.24) is 15.0 Å². The summed E-state index contributed by atoms with van der Waals surface area (Å²) in [5.74, 6) is 2.13. The second kappa shape index (κ2) is 6.55. The molecule has 7 nitrogen and oxygen atoms in total. The van der Waals surface area contributed by atoms with E-state index in [2.05, 4.69) is 10.1 Å². The van der Waals surface area contributed by atoms with Gasteiger partial charge in [0.05, 0.1) is 20.3 Å². The van der Waals surface area contributed by atoms with Gasteiger partial charge in [0, 0.05) is 12.1 Å².